The molecule has 0 aliphatic rings. The molecule has 3 rings (SSSR count). The number of hydrogen-bond acceptors (Lipinski definition) is 5. The average molecular weight is 334 g/mol. The summed E-state index contributed by atoms with van der Waals surface area (Å²) in [7, 11) is 0. The number of benzene rings is 1. The summed E-state index contributed by atoms with van der Waals surface area (Å²) in [5.41, 5.74) is 2.62. The van der Waals surface area contributed by atoms with Crippen molar-refractivity contribution in [2.24, 2.45) is 0 Å². The lowest BCUT2D eigenvalue weighted by atomic mass is 10.2. The Bertz CT molecular complexity index is 956. The Morgan fingerprint density at radius 1 is 1.36 bits per heavy atom. The van der Waals surface area contributed by atoms with Crippen molar-refractivity contribution in [2.45, 2.75) is 20.3 Å². The summed E-state index contributed by atoms with van der Waals surface area (Å²) < 4.78 is 1.64. The zero-order valence-corrected chi connectivity index (χ0v) is 14.2. The van der Waals surface area contributed by atoms with Crippen LogP contribution in [-0.2, 0) is 0 Å². The van der Waals surface area contributed by atoms with Gasteiger partial charge >= 0.3 is 0 Å². The SMILES string of the molecule is CCCN(CC#N)C(=O)c1nnn(-c2ccc3ncccc3c2)c1C. The first kappa shape index (κ1) is 16.6. The van der Waals surface area contributed by atoms with E-state index >= 15 is 0 Å². The Labute approximate surface area is 145 Å². The van der Waals surface area contributed by atoms with Gasteiger partial charge in [-0.1, -0.05) is 18.2 Å². The van der Waals surface area contributed by atoms with Gasteiger partial charge in [-0.15, -0.1) is 5.10 Å². The third-order valence-electron chi connectivity index (χ3n) is 3.97. The molecule has 25 heavy (non-hydrogen) atoms. The molecule has 1 aromatic carbocycles. The maximum atomic E-state index is 12.7. The van der Waals surface area contributed by atoms with Gasteiger partial charge in [0.2, 0.25) is 0 Å². The highest BCUT2D eigenvalue weighted by molar-refractivity contribution is 5.93. The van der Waals surface area contributed by atoms with Crippen LogP contribution in [0.2, 0.25) is 0 Å². The van der Waals surface area contributed by atoms with Gasteiger partial charge in [0.15, 0.2) is 5.69 Å². The first-order valence-electron chi connectivity index (χ1n) is 8.09. The van der Waals surface area contributed by atoms with E-state index in [0.29, 0.717) is 12.2 Å². The lowest BCUT2D eigenvalue weighted by Crippen LogP contribution is -2.32. The van der Waals surface area contributed by atoms with Crippen molar-refractivity contribution in [2.75, 3.05) is 13.1 Å². The van der Waals surface area contributed by atoms with Crippen molar-refractivity contribution in [3.8, 4) is 11.8 Å². The topological polar surface area (TPSA) is 87.7 Å². The molecule has 0 radical (unpaired) electrons. The van der Waals surface area contributed by atoms with Crippen LogP contribution < -0.4 is 0 Å². The van der Waals surface area contributed by atoms with Crippen LogP contribution >= 0.6 is 0 Å². The fourth-order valence-electron chi connectivity index (χ4n) is 2.72. The van der Waals surface area contributed by atoms with Gasteiger partial charge < -0.3 is 4.90 Å². The summed E-state index contributed by atoms with van der Waals surface area (Å²) in [4.78, 5) is 18.4. The molecule has 0 unspecified atom stereocenters. The van der Waals surface area contributed by atoms with E-state index in [9.17, 15) is 4.79 Å². The molecular formula is C18H18N6O. The number of carbonyl (C=O) groups excluding carboxylic acids is 1. The number of fused-ring (bicyclic) bond motifs is 1. The summed E-state index contributed by atoms with van der Waals surface area (Å²) in [6.07, 6.45) is 2.52. The van der Waals surface area contributed by atoms with E-state index in [1.165, 1.54) is 4.90 Å². The van der Waals surface area contributed by atoms with Crippen LogP contribution in [0.4, 0.5) is 0 Å². The van der Waals surface area contributed by atoms with Gasteiger partial charge in [-0.2, -0.15) is 5.26 Å². The summed E-state index contributed by atoms with van der Waals surface area (Å²) in [5, 5.41) is 18.1. The molecule has 0 bridgehead atoms. The molecule has 3 aromatic rings. The number of rotatable bonds is 5. The zero-order valence-electron chi connectivity index (χ0n) is 14.2. The van der Waals surface area contributed by atoms with Crippen LogP contribution in [0, 0.1) is 18.3 Å². The van der Waals surface area contributed by atoms with Crippen molar-refractivity contribution in [3.63, 3.8) is 0 Å². The molecular weight excluding hydrogens is 316 g/mol. The van der Waals surface area contributed by atoms with Gasteiger partial charge in [0.25, 0.3) is 5.91 Å². The minimum atomic E-state index is -0.269. The Morgan fingerprint density at radius 3 is 2.96 bits per heavy atom. The van der Waals surface area contributed by atoms with Crippen LogP contribution in [-0.4, -0.2) is 43.9 Å². The molecule has 0 N–H and O–H groups in total. The summed E-state index contributed by atoms with van der Waals surface area (Å²) in [5.74, 6) is -0.269. The first-order valence-corrected chi connectivity index (χ1v) is 8.09. The third kappa shape index (κ3) is 3.19. The van der Waals surface area contributed by atoms with Crippen LogP contribution in [0.25, 0.3) is 16.6 Å². The van der Waals surface area contributed by atoms with E-state index in [2.05, 4.69) is 15.3 Å². The van der Waals surface area contributed by atoms with Gasteiger partial charge in [0.1, 0.15) is 6.54 Å². The number of amides is 1. The van der Waals surface area contributed by atoms with Gasteiger partial charge in [-0.25, -0.2) is 4.68 Å². The lowest BCUT2D eigenvalue weighted by molar-refractivity contribution is 0.0769. The van der Waals surface area contributed by atoms with Gasteiger partial charge in [-0.05, 0) is 37.6 Å². The van der Waals surface area contributed by atoms with Crippen molar-refractivity contribution in [3.05, 3.63) is 47.9 Å². The molecule has 0 saturated carbocycles. The van der Waals surface area contributed by atoms with E-state index in [1.54, 1.807) is 17.8 Å². The van der Waals surface area contributed by atoms with Gasteiger partial charge in [-0.3, -0.25) is 9.78 Å². The molecule has 2 heterocycles. The summed E-state index contributed by atoms with van der Waals surface area (Å²) >= 11 is 0. The summed E-state index contributed by atoms with van der Waals surface area (Å²) in [6, 6.07) is 11.6. The van der Waals surface area contributed by atoms with Crippen LogP contribution in [0.3, 0.4) is 0 Å². The van der Waals surface area contributed by atoms with Gasteiger partial charge in [0.05, 0.1) is 23.0 Å². The Hall–Kier alpha value is -3.27. The Balaban J connectivity index is 1.97. The fourth-order valence-corrected chi connectivity index (χ4v) is 2.72. The average Bonchev–Trinajstić information content (AvgIpc) is 3.02. The van der Waals surface area contributed by atoms with E-state index in [-0.39, 0.29) is 18.1 Å². The third-order valence-corrected chi connectivity index (χ3v) is 3.97. The van der Waals surface area contributed by atoms with E-state index in [4.69, 9.17) is 5.26 Å². The lowest BCUT2D eigenvalue weighted by Gasteiger charge is -2.17. The molecule has 2 aromatic heterocycles. The molecule has 0 fully saturated rings. The molecule has 1 amide bonds. The van der Waals surface area contributed by atoms with Crippen molar-refractivity contribution >= 4 is 16.8 Å². The Morgan fingerprint density at radius 2 is 2.20 bits per heavy atom. The van der Waals surface area contributed by atoms with E-state index in [1.807, 2.05) is 43.3 Å². The predicted molar refractivity (Wildman–Crippen MR) is 93.2 cm³/mol. The molecule has 0 aliphatic heterocycles. The normalized spacial score (nSPS) is 10.6. The minimum Gasteiger partial charge on any atom is -0.324 e. The molecule has 0 aliphatic carbocycles. The second kappa shape index (κ2) is 7.09. The van der Waals surface area contributed by atoms with Gasteiger partial charge in [0, 0.05) is 18.1 Å². The quantitative estimate of drug-likeness (QED) is 0.669. The zero-order chi connectivity index (χ0) is 17.8. The van der Waals surface area contributed by atoms with Crippen LogP contribution in [0.5, 0.6) is 0 Å². The molecule has 0 spiro atoms. The minimum absolute atomic E-state index is 0.0423. The first-order chi connectivity index (χ1) is 12.2. The van der Waals surface area contributed by atoms with Crippen molar-refractivity contribution in [1.82, 2.24) is 24.9 Å². The number of nitrogens with zero attached hydrogens (tertiary/aromatic N) is 6. The molecule has 126 valence electrons. The molecule has 7 heteroatoms. The number of pyridine rings is 1. The highest BCUT2D eigenvalue weighted by atomic mass is 16.2. The van der Waals surface area contributed by atoms with E-state index in [0.717, 1.165) is 23.0 Å². The largest absolute Gasteiger partial charge is 0.324 e. The number of hydrogen-bond donors (Lipinski definition) is 0. The van der Waals surface area contributed by atoms with E-state index < -0.39 is 0 Å². The van der Waals surface area contributed by atoms with Crippen molar-refractivity contribution in [1.29, 1.82) is 5.26 Å². The smallest absolute Gasteiger partial charge is 0.277 e. The second-order valence-corrected chi connectivity index (χ2v) is 5.70. The Kier molecular flexibility index (Phi) is 4.70. The number of aromatic nitrogens is 4. The molecule has 0 saturated heterocycles. The number of nitriles is 1. The highest BCUT2D eigenvalue weighted by Gasteiger charge is 2.22. The predicted octanol–water partition coefficient (Wildman–Crippen LogP) is 2.50. The molecule has 0 atom stereocenters. The van der Waals surface area contributed by atoms with Crippen LogP contribution in [0.15, 0.2) is 36.5 Å². The standard InChI is InChI=1S/C18H18N6O/c1-3-10-23(11-8-19)18(25)17-13(2)24(22-21-17)15-6-7-16-14(12-15)5-4-9-20-16/h4-7,9,12H,3,10-11H2,1-2H3. The van der Waals surface area contributed by atoms with Crippen LogP contribution in [0.1, 0.15) is 29.5 Å². The summed E-state index contributed by atoms with van der Waals surface area (Å²) in [6.45, 7) is 4.32. The molecule has 7 nitrogen and oxygen atoms in total. The van der Waals surface area contributed by atoms with Crippen molar-refractivity contribution < 1.29 is 4.79 Å². The second-order valence-electron chi connectivity index (χ2n) is 5.70. The monoisotopic (exact) mass is 334 g/mol. The fraction of sp³-hybridized carbons (Fsp3) is 0.278. The number of carbonyl (C=O) groups is 1. The maximum absolute atomic E-state index is 12.7. The highest BCUT2D eigenvalue weighted by Crippen LogP contribution is 2.19. The maximum Gasteiger partial charge on any atom is 0.277 e.